The fourth-order valence-electron chi connectivity index (χ4n) is 2.10. The van der Waals surface area contributed by atoms with E-state index in [1.807, 2.05) is 19.1 Å². The predicted molar refractivity (Wildman–Crippen MR) is 99.6 cm³/mol. The zero-order valence-corrected chi connectivity index (χ0v) is 15.5. The van der Waals surface area contributed by atoms with Crippen LogP contribution in [0.2, 0.25) is 5.02 Å². The fraction of sp³-hybridized carbons (Fsp3) is 0.263. The zero-order valence-electron chi connectivity index (χ0n) is 14.8. The second-order valence-corrected chi connectivity index (χ2v) is 6.08. The summed E-state index contributed by atoms with van der Waals surface area (Å²) in [5, 5.41) is 2.96. The van der Waals surface area contributed by atoms with Crippen molar-refractivity contribution >= 4 is 23.6 Å². The predicted octanol–water partition coefficient (Wildman–Crippen LogP) is 4.71. The van der Waals surface area contributed by atoms with Gasteiger partial charge in [0, 0.05) is 31.3 Å². The van der Waals surface area contributed by atoms with E-state index >= 15 is 0 Å². The molecule has 0 radical (unpaired) electrons. The van der Waals surface area contributed by atoms with Crippen LogP contribution < -0.4 is 14.8 Å². The van der Waals surface area contributed by atoms with E-state index < -0.39 is 13.0 Å². The summed E-state index contributed by atoms with van der Waals surface area (Å²) in [6.45, 7) is 2.62. The molecule has 1 atom stereocenters. The van der Waals surface area contributed by atoms with Crippen molar-refractivity contribution in [1.29, 1.82) is 0 Å². The molecule has 1 N–H and O–H groups in total. The molecule has 0 spiro atoms. The van der Waals surface area contributed by atoms with Gasteiger partial charge in [0.25, 0.3) is 6.43 Å². The van der Waals surface area contributed by atoms with Gasteiger partial charge in [0.15, 0.2) is 0 Å². The summed E-state index contributed by atoms with van der Waals surface area (Å²) in [6.07, 6.45) is 2.73. The second-order valence-electron chi connectivity index (χ2n) is 5.67. The Labute approximate surface area is 161 Å². The highest BCUT2D eigenvalue weighted by Gasteiger charge is 2.08. The van der Waals surface area contributed by atoms with E-state index in [9.17, 15) is 13.6 Å². The highest BCUT2D eigenvalue weighted by Crippen LogP contribution is 2.32. The summed E-state index contributed by atoms with van der Waals surface area (Å²) in [4.78, 5) is 15.2. The minimum absolute atomic E-state index is 0.0944. The first-order chi connectivity index (χ1) is 12.8. The van der Waals surface area contributed by atoms with Crippen molar-refractivity contribution in [3.63, 3.8) is 0 Å². The van der Waals surface area contributed by atoms with Crippen molar-refractivity contribution in [2.24, 2.45) is 0 Å². The van der Waals surface area contributed by atoms with Crippen molar-refractivity contribution in [2.45, 2.75) is 26.3 Å². The van der Waals surface area contributed by atoms with Crippen LogP contribution in [0.15, 0.2) is 42.6 Å². The monoisotopic (exact) mass is 396 g/mol. The van der Waals surface area contributed by atoms with E-state index in [-0.39, 0.29) is 22.7 Å². The van der Waals surface area contributed by atoms with Crippen LogP contribution in [0.4, 0.5) is 8.78 Å². The molecule has 8 heteroatoms. The van der Waals surface area contributed by atoms with Gasteiger partial charge < -0.3 is 14.8 Å². The number of amides is 1. The molecule has 1 aromatic carbocycles. The molecule has 0 aliphatic carbocycles. The maximum Gasteiger partial charge on any atom is 0.272 e. The minimum Gasteiger partial charge on any atom is -0.488 e. The summed E-state index contributed by atoms with van der Waals surface area (Å²) in [5.74, 6) is 0.784. The molecule has 144 valence electrons. The minimum atomic E-state index is -2.56. The quantitative estimate of drug-likeness (QED) is 0.702. The molecule has 0 fully saturated rings. The Morgan fingerprint density at radius 3 is 2.70 bits per heavy atom. The first-order valence-electron chi connectivity index (χ1n) is 8.13. The maximum absolute atomic E-state index is 12.2. The summed E-state index contributed by atoms with van der Waals surface area (Å²) in [5.41, 5.74) is 0.835. The molecule has 0 bridgehead atoms. The van der Waals surface area contributed by atoms with Gasteiger partial charge in [-0.05, 0) is 30.7 Å². The van der Waals surface area contributed by atoms with Crippen molar-refractivity contribution in [3.8, 4) is 17.4 Å². The standard InChI is InChI=1S/C19H19ClF2N2O3/c1-12(24-13(2)25)3-4-14-5-8-19(23-10-14)27-17-7-6-15(9-16(17)20)26-11-18(21)22/h3-10,12,18H,11H2,1-2H3,(H,24,25)/b4-3+/t12-/m0/s1. The van der Waals surface area contributed by atoms with Crippen LogP contribution in [0.25, 0.3) is 6.08 Å². The van der Waals surface area contributed by atoms with Gasteiger partial charge in [-0.1, -0.05) is 23.8 Å². The number of alkyl halides is 2. The van der Waals surface area contributed by atoms with Gasteiger partial charge >= 0.3 is 0 Å². The molecule has 0 aliphatic heterocycles. The third kappa shape index (κ3) is 7.22. The number of halogens is 3. The SMILES string of the molecule is CC(=O)N[C@@H](C)/C=C/c1ccc(Oc2ccc(OCC(F)F)cc2Cl)nc1. The van der Waals surface area contributed by atoms with Crippen LogP contribution in [0.1, 0.15) is 19.4 Å². The molecule has 2 rings (SSSR count). The van der Waals surface area contributed by atoms with E-state index in [1.54, 1.807) is 18.3 Å². The average molecular weight is 397 g/mol. The molecule has 27 heavy (non-hydrogen) atoms. The van der Waals surface area contributed by atoms with Crippen LogP contribution >= 0.6 is 11.6 Å². The summed E-state index contributed by atoms with van der Waals surface area (Å²) in [6, 6.07) is 7.79. The highest BCUT2D eigenvalue weighted by atomic mass is 35.5. The Morgan fingerprint density at radius 1 is 1.33 bits per heavy atom. The van der Waals surface area contributed by atoms with Crippen molar-refractivity contribution in [1.82, 2.24) is 10.3 Å². The normalized spacial score (nSPS) is 12.2. The lowest BCUT2D eigenvalue weighted by molar-refractivity contribution is -0.119. The summed E-state index contributed by atoms with van der Waals surface area (Å²) < 4.78 is 34.8. The molecule has 1 amide bonds. The molecule has 0 saturated carbocycles. The first-order valence-corrected chi connectivity index (χ1v) is 8.51. The van der Waals surface area contributed by atoms with E-state index in [2.05, 4.69) is 10.3 Å². The third-order valence-corrected chi connectivity index (χ3v) is 3.56. The van der Waals surface area contributed by atoms with Gasteiger partial charge in [-0.2, -0.15) is 0 Å². The molecule has 0 saturated heterocycles. The fourth-order valence-corrected chi connectivity index (χ4v) is 2.31. The largest absolute Gasteiger partial charge is 0.488 e. The number of nitrogens with one attached hydrogen (secondary N) is 1. The van der Waals surface area contributed by atoms with Gasteiger partial charge in [-0.25, -0.2) is 13.8 Å². The number of hydrogen-bond acceptors (Lipinski definition) is 4. The molecular formula is C19H19ClF2N2O3. The average Bonchev–Trinajstić information content (AvgIpc) is 2.61. The molecule has 1 heterocycles. The van der Waals surface area contributed by atoms with Crippen LogP contribution in [-0.2, 0) is 4.79 Å². The lowest BCUT2D eigenvalue weighted by Crippen LogP contribution is -2.28. The number of nitrogens with zero attached hydrogens (tertiary/aromatic N) is 1. The molecule has 5 nitrogen and oxygen atoms in total. The van der Waals surface area contributed by atoms with Crippen LogP contribution in [0.3, 0.4) is 0 Å². The van der Waals surface area contributed by atoms with Crippen LogP contribution in [0, 0.1) is 0 Å². The lowest BCUT2D eigenvalue weighted by atomic mass is 10.2. The maximum atomic E-state index is 12.2. The first kappa shape index (κ1) is 20.6. The molecule has 2 aromatic rings. The number of ether oxygens (including phenoxy) is 2. The third-order valence-electron chi connectivity index (χ3n) is 3.26. The Balaban J connectivity index is 1.98. The number of pyridine rings is 1. The van der Waals surface area contributed by atoms with Gasteiger partial charge in [0.05, 0.1) is 5.02 Å². The number of rotatable bonds is 8. The highest BCUT2D eigenvalue weighted by molar-refractivity contribution is 6.32. The topological polar surface area (TPSA) is 60.5 Å². The Morgan fingerprint density at radius 2 is 2.11 bits per heavy atom. The van der Waals surface area contributed by atoms with Gasteiger partial charge in [-0.3, -0.25) is 4.79 Å². The Bertz CT molecular complexity index is 798. The van der Waals surface area contributed by atoms with Crippen molar-refractivity contribution < 1.29 is 23.0 Å². The summed E-state index contributed by atoms with van der Waals surface area (Å²) in [7, 11) is 0. The smallest absolute Gasteiger partial charge is 0.272 e. The van der Waals surface area contributed by atoms with E-state index in [0.717, 1.165) is 5.56 Å². The second kappa shape index (κ2) is 9.87. The lowest BCUT2D eigenvalue weighted by Gasteiger charge is -2.10. The van der Waals surface area contributed by atoms with Crippen LogP contribution in [0.5, 0.6) is 17.4 Å². The van der Waals surface area contributed by atoms with Gasteiger partial charge in [0.2, 0.25) is 11.8 Å². The van der Waals surface area contributed by atoms with E-state index in [0.29, 0.717) is 11.6 Å². The number of hydrogen-bond donors (Lipinski definition) is 1. The van der Waals surface area contributed by atoms with Gasteiger partial charge in [-0.15, -0.1) is 0 Å². The molecular weight excluding hydrogens is 378 g/mol. The molecule has 0 unspecified atom stereocenters. The van der Waals surface area contributed by atoms with Crippen molar-refractivity contribution in [3.05, 3.63) is 53.2 Å². The molecule has 0 aliphatic rings. The number of aromatic nitrogens is 1. The number of carbonyl (C=O) groups excluding carboxylic acids is 1. The number of carbonyl (C=O) groups is 1. The van der Waals surface area contributed by atoms with E-state index in [4.69, 9.17) is 21.1 Å². The Kier molecular flexibility index (Phi) is 7.55. The van der Waals surface area contributed by atoms with Gasteiger partial charge in [0.1, 0.15) is 18.1 Å². The van der Waals surface area contributed by atoms with E-state index in [1.165, 1.54) is 25.1 Å². The zero-order chi connectivity index (χ0) is 19.8. The molecule has 1 aromatic heterocycles. The van der Waals surface area contributed by atoms with Crippen molar-refractivity contribution in [2.75, 3.05) is 6.61 Å². The summed E-state index contributed by atoms with van der Waals surface area (Å²) >= 11 is 6.09. The van der Waals surface area contributed by atoms with Crippen LogP contribution in [-0.4, -0.2) is 30.0 Å². The Hall–Kier alpha value is -2.67. The number of benzene rings is 1.